The minimum Gasteiger partial charge on any atom is -0.480 e. The number of carbonyl (C=O) groups is 2. The molecule has 1 aromatic carbocycles. The Labute approximate surface area is 146 Å². The van der Waals surface area contributed by atoms with E-state index in [9.17, 15) is 14.7 Å². The third-order valence-electron chi connectivity index (χ3n) is 3.63. The lowest BCUT2D eigenvalue weighted by Gasteiger charge is -2.13. The molecule has 0 aliphatic rings. The zero-order chi connectivity index (χ0) is 18.1. The summed E-state index contributed by atoms with van der Waals surface area (Å²) in [7, 11) is 0. The van der Waals surface area contributed by atoms with Crippen molar-refractivity contribution >= 4 is 12.1 Å². The summed E-state index contributed by atoms with van der Waals surface area (Å²) >= 11 is 0. The molecule has 0 saturated heterocycles. The fourth-order valence-electron chi connectivity index (χ4n) is 2.29. The highest BCUT2D eigenvalue weighted by Gasteiger charge is 2.22. The topological polar surface area (TPSA) is 93.5 Å². The van der Waals surface area contributed by atoms with Crippen LogP contribution in [0.5, 0.6) is 0 Å². The zero-order valence-electron chi connectivity index (χ0n) is 14.2. The maximum absolute atomic E-state index is 11.6. The molecule has 0 radical (unpaired) electrons. The van der Waals surface area contributed by atoms with Crippen LogP contribution in [0.15, 0.2) is 42.9 Å². The monoisotopic (exact) mass is 345 g/mol. The number of carbonyl (C=O) groups excluding carboxylic acids is 1. The van der Waals surface area contributed by atoms with E-state index in [4.69, 9.17) is 4.74 Å². The highest BCUT2D eigenvalue weighted by Crippen LogP contribution is 2.06. The number of hydrogen-bond donors (Lipinski definition) is 2. The SMILES string of the molecule is CCCCOC(=O)N[C@@H](Cc1cn(Cc2ccccc2)cn1)C(=O)O. The van der Waals surface area contributed by atoms with Gasteiger partial charge in [0.1, 0.15) is 6.04 Å². The van der Waals surface area contributed by atoms with Gasteiger partial charge in [-0.2, -0.15) is 0 Å². The highest BCUT2D eigenvalue weighted by molar-refractivity contribution is 5.80. The van der Waals surface area contributed by atoms with Gasteiger partial charge in [-0.25, -0.2) is 14.6 Å². The Hall–Kier alpha value is -2.83. The van der Waals surface area contributed by atoms with Gasteiger partial charge in [-0.3, -0.25) is 0 Å². The summed E-state index contributed by atoms with van der Waals surface area (Å²) in [6.07, 6.45) is 4.46. The molecule has 7 heteroatoms. The molecule has 0 spiro atoms. The third-order valence-corrected chi connectivity index (χ3v) is 3.63. The van der Waals surface area contributed by atoms with Gasteiger partial charge in [-0.1, -0.05) is 43.7 Å². The van der Waals surface area contributed by atoms with Crippen molar-refractivity contribution in [3.05, 3.63) is 54.1 Å². The maximum Gasteiger partial charge on any atom is 0.407 e. The standard InChI is InChI=1S/C18H23N3O4/c1-2-3-9-25-18(24)20-16(17(22)23)10-15-12-21(13-19-15)11-14-7-5-4-6-8-14/h4-8,12-13,16H,2-3,9-11H2,1H3,(H,20,24)(H,22,23)/t16-/m0/s1. The van der Waals surface area contributed by atoms with Crippen LogP contribution in [0, 0.1) is 0 Å². The van der Waals surface area contributed by atoms with Crippen molar-refractivity contribution in [3.8, 4) is 0 Å². The number of imidazole rings is 1. The third kappa shape index (κ3) is 6.29. The largest absolute Gasteiger partial charge is 0.480 e. The number of alkyl carbamates (subject to hydrolysis) is 1. The summed E-state index contributed by atoms with van der Waals surface area (Å²) in [5, 5.41) is 11.7. The second-order valence-electron chi connectivity index (χ2n) is 5.75. The average Bonchev–Trinajstić information content (AvgIpc) is 3.02. The number of nitrogens with zero attached hydrogens (tertiary/aromatic N) is 2. The molecule has 0 fully saturated rings. The van der Waals surface area contributed by atoms with Gasteiger partial charge in [0, 0.05) is 19.2 Å². The van der Waals surface area contributed by atoms with Gasteiger partial charge >= 0.3 is 12.1 Å². The summed E-state index contributed by atoms with van der Waals surface area (Å²) < 4.78 is 6.82. The quantitative estimate of drug-likeness (QED) is 0.681. The molecule has 0 aliphatic carbocycles. The van der Waals surface area contributed by atoms with E-state index in [-0.39, 0.29) is 13.0 Å². The first-order chi connectivity index (χ1) is 12.1. The number of hydrogen-bond acceptors (Lipinski definition) is 4. The van der Waals surface area contributed by atoms with E-state index in [0.29, 0.717) is 12.2 Å². The van der Waals surface area contributed by atoms with Crippen LogP contribution in [0.3, 0.4) is 0 Å². The number of benzene rings is 1. The van der Waals surface area contributed by atoms with Gasteiger partial charge in [0.25, 0.3) is 0 Å². The number of carboxylic acids is 1. The number of ether oxygens (including phenoxy) is 1. The molecule has 2 aromatic rings. The van der Waals surface area contributed by atoms with Crippen LogP contribution in [0.25, 0.3) is 0 Å². The van der Waals surface area contributed by atoms with Crippen LogP contribution >= 0.6 is 0 Å². The molecular weight excluding hydrogens is 322 g/mol. The molecule has 1 atom stereocenters. The maximum atomic E-state index is 11.6. The Bertz CT molecular complexity index is 685. The second-order valence-corrected chi connectivity index (χ2v) is 5.75. The molecule has 0 aliphatic heterocycles. The van der Waals surface area contributed by atoms with Crippen molar-refractivity contribution in [2.75, 3.05) is 6.61 Å². The highest BCUT2D eigenvalue weighted by atomic mass is 16.5. The van der Waals surface area contributed by atoms with Gasteiger partial charge in [0.15, 0.2) is 0 Å². The fourth-order valence-corrected chi connectivity index (χ4v) is 2.29. The first kappa shape index (κ1) is 18.5. The second kappa shape index (κ2) is 9.46. The molecule has 1 heterocycles. The number of nitrogens with one attached hydrogen (secondary N) is 1. The Kier molecular flexibility index (Phi) is 7.00. The average molecular weight is 345 g/mol. The Morgan fingerprint density at radius 1 is 1.32 bits per heavy atom. The zero-order valence-corrected chi connectivity index (χ0v) is 14.2. The van der Waals surface area contributed by atoms with E-state index in [1.807, 2.05) is 41.8 Å². The predicted molar refractivity (Wildman–Crippen MR) is 92.3 cm³/mol. The first-order valence-corrected chi connectivity index (χ1v) is 8.29. The van der Waals surface area contributed by atoms with E-state index >= 15 is 0 Å². The Morgan fingerprint density at radius 2 is 2.08 bits per heavy atom. The molecule has 1 amide bonds. The Balaban J connectivity index is 1.91. The number of rotatable bonds is 9. The summed E-state index contributed by atoms with van der Waals surface area (Å²) in [5.41, 5.74) is 1.72. The van der Waals surface area contributed by atoms with Crippen molar-refractivity contribution in [1.29, 1.82) is 0 Å². The lowest BCUT2D eigenvalue weighted by atomic mass is 10.1. The molecule has 0 bridgehead atoms. The van der Waals surface area contributed by atoms with Gasteiger partial charge in [-0.05, 0) is 12.0 Å². The summed E-state index contributed by atoms with van der Waals surface area (Å²) in [6.45, 7) is 2.91. The van der Waals surface area contributed by atoms with Gasteiger partial charge in [-0.15, -0.1) is 0 Å². The smallest absolute Gasteiger partial charge is 0.407 e. The molecular formula is C18H23N3O4. The molecule has 25 heavy (non-hydrogen) atoms. The number of unbranched alkanes of at least 4 members (excludes halogenated alkanes) is 1. The van der Waals surface area contributed by atoms with Gasteiger partial charge in [0.05, 0.1) is 18.6 Å². The number of aliphatic carboxylic acids is 1. The normalized spacial score (nSPS) is 11.7. The lowest BCUT2D eigenvalue weighted by molar-refractivity contribution is -0.139. The molecule has 0 saturated carbocycles. The fraction of sp³-hybridized carbons (Fsp3) is 0.389. The molecule has 134 valence electrons. The molecule has 1 aromatic heterocycles. The summed E-state index contributed by atoms with van der Waals surface area (Å²) in [6, 6.07) is 8.81. The van der Waals surface area contributed by atoms with E-state index in [2.05, 4.69) is 10.3 Å². The minimum absolute atomic E-state index is 0.0972. The van der Waals surface area contributed by atoms with Crippen LogP contribution in [-0.4, -0.2) is 39.4 Å². The van der Waals surface area contributed by atoms with E-state index < -0.39 is 18.1 Å². The van der Waals surface area contributed by atoms with Crippen molar-refractivity contribution in [2.45, 2.75) is 38.8 Å². The number of amides is 1. The number of aromatic nitrogens is 2. The summed E-state index contributed by atoms with van der Waals surface area (Å²) in [5.74, 6) is -1.12. The predicted octanol–water partition coefficient (Wildman–Crippen LogP) is 2.45. The van der Waals surface area contributed by atoms with Crippen LogP contribution in [0.1, 0.15) is 31.0 Å². The van der Waals surface area contributed by atoms with E-state index in [0.717, 1.165) is 18.4 Å². The van der Waals surface area contributed by atoms with Crippen molar-refractivity contribution in [2.24, 2.45) is 0 Å². The minimum atomic E-state index is -1.12. The number of carboxylic acid groups (broad SMARTS) is 1. The van der Waals surface area contributed by atoms with E-state index in [1.165, 1.54) is 0 Å². The van der Waals surface area contributed by atoms with Gasteiger partial charge < -0.3 is 19.7 Å². The van der Waals surface area contributed by atoms with E-state index in [1.54, 1.807) is 12.5 Å². The lowest BCUT2D eigenvalue weighted by Crippen LogP contribution is -2.42. The first-order valence-electron chi connectivity index (χ1n) is 8.29. The van der Waals surface area contributed by atoms with Crippen LogP contribution in [0.2, 0.25) is 0 Å². The molecule has 0 unspecified atom stereocenters. The van der Waals surface area contributed by atoms with Crippen molar-refractivity contribution < 1.29 is 19.4 Å². The summed E-state index contributed by atoms with van der Waals surface area (Å²) in [4.78, 5) is 27.2. The molecule has 7 nitrogen and oxygen atoms in total. The van der Waals surface area contributed by atoms with Crippen molar-refractivity contribution in [3.63, 3.8) is 0 Å². The van der Waals surface area contributed by atoms with Crippen LogP contribution in [-0.2, 0) is 22.5 Å². The Morgan fingerprint density at radius 3 is 2.76 bits per heavy atom. The van der Waals surface area contributed by atoms with Crippen molar-refractivity contribution in [1.82, 2.24) is 14.9 Å². The van der Waals surface area contributed by atoms with Gasteiger partial charge in [0.2, 0.25) is 0 Å². The van der Waals surface area contributed by atoms with Crippen LogP contribution in [0.4, 0.5) is 4.79 Å². The molecule has 2 rings (SSSR count). The molecule has 2 N–H and O–H groups in total. The van der Waals surface area contributed by atoms with Crippen LogP contribution < -0.4 is 5.32 Å².